The molecular weight excluding hydrogens is 518 g/mol. The zero-order valence-corrected chi connectivity index (χ0v) is 24.3. The summed E-state index contributed by atoms with van der Waals surface area (Å²) in [6.07, 6.45) is 5.13. The number of carboxylic acid groups (broad SMARTS) is 1. The van der Waals surface area contributed by atoms with Crippen LogP contribution in [-0.2, 0) is 25.6 Å². The van der Waals surface area contributed by atoms with Crippen LogP contribution in [0.3, 0.4) is 0 Å². The quantitative estimate of drug-likeness (QED) is 0.183. The van der Waals surface area contributed by atoms with Crippen molar-refractivity contribution in [3.8, 4) is 0 Å². The fourth-order valence-electron chi connectivity index (χ4n) is 4.30. The third-order valence-corrected chi connectivity index (χ3v) is 7.46. The van der Waals surface area contributed by atoms with Gasteiger partial charge >= 0.3 is 5.97 Å². The van der Waals surface area contributed by atoms with E-state index in [1.807, 2.05) is 58.2 Å². The highest BCUT2D eigenvalue weighted by molar-refractivity contribution is 7.98. The lowest BCUT2D eigenvalue weighted by Crippen LogP contribution is -2.59. The van der Waals surface area contributed by atoms with Gasteiger partial charge in [0.2, 0.25) is 17.7 Å². The standard InChI is InChI=1S/C28H43N5O5S/c1-6-17(4)24(33-25(34)20(29)11-12-39-5)27(36)31-22(13-16(2)3)26(35)32-23(28(37)38)14-18-15-30-21-10-8-7-9-19(18)21/h7-10,15-17,20,22-24,30H,6,11-14,29H2,1-5H3,(H,31,36)(H,32,35)(H,33,34)(H,37,38). The van der Waals surface area contributed by atoms with Crippen molar-refractivity contribution in [2.24, 2.45) is 17.6 Å². The number of amides is 3. The molecule has 7 N–H and O–H groups in total. The molecule has 0 saturated carbocycles. The lowest BCUT2D eigenvalue weighted by molar-refractivity contribution is -0.142. The Morgan fingerprint density at radius 1 is 1.00 bits per heavy atom. The molecule has 0 bridgehead atoms. The average molecular weight is 562 g/mol. The van der Waals surface area contributed by atoms with E-state index in [1.165, 1.54) is 0 Å². The third-order valence-electron chi connectivity index (χ3n) is 6.82. The van der Waals surface area contributed by atoms with Crippen molar-refractivity contribution < 1.29 is 24.3 Å². The van der Waals surface area contributed by atoms with Crippen molar-refractivity contribution in [1.29, 1.82) is 0 Å². The molecule has 216 valence electrons. The number of benzene rings is 1. The molecule has 2 aromatic rings. The number of hydrogen-bond donors (Lipinski definition) is 6. The van der Waals surface area contributed by atoms with E-state index in [0.29, 0.717) is 25.0 Å². The summed E-state index contributed by atoms with van der Waals surface area (Å²) >= 11 is 1.58. The van der Waals surface area contributed by atoms with Crippen LogP contribution in [0.5, 0.6) is 0 Å². The monoisotopic (exact) mass is 561 g/mol. The van der Waals surface area contributed by atoms with Crippen molar-refractivity contribution in [2.45, 2.75) is 77.5 Å². The maximum absolute atomic E-state index is 13.4. The van der Waals surface area contributed by atoms with E-state index in [4.69, 9.17) is 5.73 Å². The molecule has 10 nitrogen and oxygen atoms in total. The van der Waals surface area contributed by atoms with E-state index in [9.17, 15) is 24.3 Å². The fourth-order valence-corrected chi connectivity index (χ4v) is 4.78. The van der Waals surface area contributed by atoms with Crippen LogP contribution in [0.15, 0.2) is 30.5 Å². The van der Waals surface area contributed by atoms with Gasteiger partial charge in [-0.1, -0.05) is 52.3 Å². The van der Waals surface area contributed by atoms with Gasteiger partial charge in [-0.3, -0.25) is 14.4 Å². The zero-order chi connectivity index (χ0) is 29.1. The summed E-state index contributed by atoms with van der Waals surface area (Å²) in [5.41, 5.74) is 7.64. The second-order valence-electron chi connectivity index (χ2n) is 10.4. The Hall–Kier alpha value is -3.05. The molecule has 3 amide bonds. The Kier molecular flexibility index (Phi) is 12.8. The van der Waals surface area contributed by atoms with E-state index in [1.54, 1.807) is 18.0 Å². The molecule has 0 aliphatic carbocycles. The predicted octanol–water partition coefficient (Wildman–Crippen LogP) is 2.42. The molecule has 0 fully saturated rings. The smallest absolute Gasteiger partial charge is 0.326 e. The number of para-hydroxylation sites is 1. The van der Waals surface area contributed by atoms with Crippen LogP contribution in [0, 0.1) is 11.8 Å². The molecule has 5 atom stereocenters. The minimum Gasteiger partial charge on any atom is -0.480 e. The number of carbonyl (C=O) groups is 4. The number of aromatic amines is 1. The number of carboxylic acids is 1. The summed E-state index contributed by atoms with van der Waals surface area (Å²) in [7, 11) is 0. The molecule has 0 spiro atoms. The summed E-state index contributed by atoms with van der Waals surface area (Å²) in [4.78, 5) is 54.6. The van der Waals surface area contributed by atoms with Crippen molar-refractivity contribution in [3.05, 3.63) is 36.0 Å². The molecule has 0 aliphatic heterocycles. The Labute approximate surface area is 234 Å². The van der Waals surface area contributed by atoms with Crippen molar-refractivity contribution >= 4 is 46.4 Å². The largest absolute Gasteiger partial charge is 0.480 e. The second-order valence-corrected chi connectivity index (χ2v) is 11.4. The lowest BCUT2D eigenvalue weighted by Gasteiger charge is -2.28. The Bertz CT molecular complexity index is 1120. The lowest BCUT2D eigenvalue weighted by atomic mass is 9.96. The number of aromatic nitrogens is 1. The van der Waals surface area contributed by atoms with Gasteiger partial charge in [-0.2, -0.15) is 11.8 Å². The van der Waals surface area contributed by atoms with Crippen LogP contribution in [0.1, 0.15) is 52.5 Å². The van der Waals surface area contributed by atoms with Gasteiger partial charge in [-0.15, -0.1) is 0 Å². The number of carbonyl (C=O) groups excluding carboxylic acids is 3. The van der Waals surface area contributed by atoms with Crippen LogP contribution in [0.4, 0.5) is 0 Å². The third kappa shape index (κ3) is 9.58. The van der Waals surface area contributed by atoms with Crippen LogP contribution >= 0.6 is 11.8 Å². The maximum Gasteiger partial charge on any atom is 0.326 e. The van der Waals surface area contributed by atoms with Gasteiger partial charge in [0.15, 0.2) is 0 Å². The molecule has 1 aromatic heterocycles. The summed E-state index contributed by atoms with van der Waals surface area (Å²) < 4.78 is 0. The minimum atomic E-state index is -1.19. The van der Waals surface area contributed by atoms with E-state index in [2.05, 4.69) is 20.9 Å². The normalized spacial score (nSPS) is 15.3. The van der Waals surface area contributed by atoms with Gasteiger partial charge in [0.25, 0.3) is 0 Å². The van der Waals surface area contributed by atoms with Crippen molar-refractivity contribution in [3.63, 3.8) is 0 Å². The van der Waals surface area contributed by atoms with Gasteiger partial charge < -0.3 is 31.8 Å². The first-order valence-corrected chi connectivity index (χ1v) is 14.8. The molecule has 39 heavy (non-hydrogen) atoms. The Balaban J connectivity index is 2.18. The topological polar surface area (TPSA) is 166 Å². The number of thioether (sulfide) groups is 1. The second kappa shape index (κ2) is 15.5. The summed E-state index contributed by atoms with van der Waals surface area (Å²) in [6.45, 7) is 7.57. The van der Waals surface area contributed by atoms with E-state index < -0.39 is 47.9 Å². The Morgan fingerprint density at radius 3 is 2.28 bits per heavy atom. The molecule has 1 heterocycles. The van der Waals surface area contributed by atoms with Gasteiger partial charge in [0.1, 0.15) is 18.1 Å². The number of rotatable bonds is 16. The van der Waals surface area contributed by atoms with Crippen molar-refractivity contribution in [2.75, 3.05) is 12.0 Å². The van der Waals surface area contributed by atoms with E-state index in [0.717, 1.165) is 16.5 Å². The number of nitrogens with one attached hydrogen (secondary N) is 4. The molecule has 0 saturated heterocycles. The van der Waals surface area contributed by atoms with E-state index in [-0.39, 0.29) is 18.3 Å². The highest BCUT2D eigenvalue weighted by atomic mass is 32.2. The molecular formula is C28H43N5O5S. The number of aliphatic carboxylic acids is 1. The zero-order valence-electron chi connectivity index (χ0n) is 23.5. The van der Waals surface area contributed by atoms with Gasteiger partial charge in [-0.25, -0.2) is 4.79 Å². The van der Waals surface area contributed by atoms with Crippen LogP contribution in [0.25, 0.3) is 10.9 Å². The van der Waals surface area contributed by atoms with Crippen LogP contribution in [-0.4, -0.2) is 70.0 Å². The predicted molar refractivity (Wildman–Crippen MR) is 155 cm³/mol. The first-order valence-electron chi connectivity index (χ1n) is 13.4. The maximum atomic E-state index is 13.4. The van der Waals surface area contributed by atoms with Gasteiger partial charge in [0.05, 0.1) is 6.04 Å². The summed E-state index contributed by atoms with van der Waals surface area (Å²) in [5.74, 6) is -2.14. The molecule has 0 radical (unpaired) electrons. The first-order chi connectivity index (χ1) is 18.5. The summed E-state index contributed by atoms with van der Waals surface area (Å²) in [6, 6.07) is 3.73. The number of fused-ring (bicyclic) bond motifs is 1. The molecule has 2 rings (SSSR count). The highest BCUT2D eigenvalue weighted by Crippen LogP contribution is 2.19. The molecule has 0 aliphatic rings. The SMILES string of the molecule is CCC(C)C(NC(=O)C(N)CCSC)C(=O)NC(CC(C)C)C(=O)NC(Cc1c[nH]c2ccccc12)C(=O)O. The molecule has 1 aromatic carbocycles. The molecule has 11 heteroatoms. The molecule has 5 unspecified atom stereocenters. The number of nitrogens with two attached hydrogens (primary N) is 1. The van der Waals surface area contributed by atoms with Crippen molar-refractivity contribution in [1.82, 2.24) is 20.9 Å². The fraction of sp³-hybridized carbons (Fsp3) is 0.571. The Morgan fingerprint density at radius 2 is 1.67 bits per heavy atom. The first kappa shape index (κ1) is 32.2. The summed E-state index contributed by atoms with van der Waals surface area (Å²) in [5, 5.41) is 18.9. The average Bonchev–Trinajstić information content (AvgIpc) is 3.31. The van der Waals surface area contributed by atoms with Crippen LogP contribution < -0.4 is 21.7 Å². The van der Waals surface area contributed by atoms with Crippen LogP contribution in [0.2, 0.25) is 0 Å². The van der Waals surface area contributed by atoms with Gasteiger partial charge in [0, 0.05) is 23.5 Å². The van der Waals surface area contributed by atoms with Gasteiger partial charge in [-0.05, 0) is 48.3 Å². The highest BCUT2D eigenvalue weighted by Gasteiger charge is 2.33. The minimum absolute atomic E-state index is 0.0366. The number of hydrogen-bond acceptors (Lipinski definition) is 6. The number of H-pyrrole nitrogens is 1. The van der Waals surface area contributed by atoms with E-state index >= 15 is 0 Å².